The molecule has 1 aliphatic rings. The number of carbonyl (C=O) groups is 1. The van der Waals surface area contributed by atoms with E-state index in [4.69, 9.17) is 0 Å². The summed E-state index contributed by atoms with van der Waals surface area (Å²) in [7, 11) is 1.34. The minimum atomic E-state index is -0.867. The Morgan fingerprint density at radius 1 is 1.54 bits per heavy atom. The average Bonchev–Trinajstić information content (AvgIpc) is 2.32. The third-order valence-electron chi connectivity index (χ3n) is 2.46. The highest BCUT2D eigenvalue weighted by Crippen LogP contribution is 2.21. The zero-order chi connectivity index (χ0) is 9.68. The second-order valence-corrected chi connectivity index (χ2v) is 3.38. The fourth-order valence-corrected chi connectivity index (χ4v) is 1.60. The quantitative estimate of drug-likeness (QED) is 0.655. The van der Waals surface area contributed by atoms with E-state index in [1.165, 1.54) is 7.11 Å². The molecule has 0 aromatic rings. The largest absolute Gasteiger partial charge is 0.469 e. The summed E-state index contributed by atoms with van der Waals surface area (Å²) in [5, 5.41) is 3.11. The minimum Gasteiger partial charge on any atom is -0.469 e. The van der Waals surface area contributed by atoms with Crippen LogP contribution >= 0.6 is 0 Å². The topological polar surface area (TPSA) is 38.3 Å². The number of alkyl halides is 1. The zero-order valence-electron chi connectivity index (χ0n) is 7.88. The van der Waals surface area contributed by atoms with E-state index in [9.17, 15) is 9.18 Å². The summed E-state index contributed by atoms with van der Waals surface area (Å²) in [6.45, 7) is 1.50. The minimum absolute atomic E-state index is 0.164. The van der Waals surface area contributed by atoms with Gasteiger partial charge in [-0.05, 0) is 25.9 Å². The van der Waals surface area contributed by atoms with Gasteiger partial charge in [0.15, 0.2) is 0 Å². The predicted octanol–water partition coefficient (Wildman–Crippen LogP) is 0.887. The maximum Gasteiger partial charge on any atom is 0.305 e. The van der Waals surface area contributed by atoms with Crippen molar-refractivity contribution in [2.75, 3.05) is 20.2 Å². The smallest absolute Gasteiger partial charge is 0.305 e. The van der Waals surface area contributed by atoms with Crippen molar-refractivity contribution in [2.24, 2.45) is 5.92 Å². The third kappa shape index (κ3) is 3.30. The first kappa shape index (κ1) is 10.4. The number of hydrogen-bond acceptors (Lipinski definition) is 3. The van der Waals surface area contributed by atoms with Crippen LogP contribution in [0.5, 0.6) is 0 Å². The van der Waals surface area contributed by atoms with Crippen LogP contribution in [0, 0.1) is 5.92 Å². The lowest BCUT2D eigenvalue weighted by molar-refractivity contribution is -0.142. The summed E-state index contributed by atoms with van der Waals surface area (Å²) < 4.78 is 17.9. The highest BCUT2D eigenvalue weighted by atomic mass is 19.1. The van der Waals surface area contributed by atoms with Gasteiger partial charge in [-0.3, -0.25) is 4.79 Å². The van der Waals surface area contributed by atoms with E-state index in [1.54, 1.807) is 0 Å². The number of nitrogens with one attached hydrogen (secondary N) is 1. The van der Waals surface area contributed by atoms with Gasteiger partial charge in [0, 0.05) is 5.92 Å². The Morgan fingerprint density at radius 2 is 2.23 bits per heavy atom. The van der Waals surface area contributed by atoms with Crippen molar-refractivity contribution in [3.05, 3.63) is 0 Å². The number of carbonyl (C=O) groups excluding carboxylic acids is 1. The van der Waals surface area contributed by atoms with Gasteiger partial charge in [0.25, 0.3) is 0 Å². The molecule has 1 saturated heterocycles. The van der Waals surface area contributed by atoms with Gasteiger partial charge in [-0.25, -0.2) is 4.39 Å². The van der Waals surface area contributed by atoms with Crippen LogP contribution in [-0.2, 0) is 9.53 Å². The molecular weight excluding hydrogens is 173 g/mol. The van der Waals surface area contributed by atoms with Gasteiger partial charge in [0.05, 0.1) is 13.5 Å². The normalized spacial score (nSPS) is 29.4. The molecule has 1 fully saturated rings. The van der Waals surface area contributed by atoms with Crippen molar-refractivity contribution in [1.29, 1.82) is 0 Å². The molecule has 0 aromatic carbocycles. The Balaban J connectivity index is 2.40. The molecule has 2 atom stereocenters. The molecule has 0 aromatic heterocycles. The van der Waals surface area contributed by atoms with Gasteiger partial charge in [0.1, 0.15) is 6.17 Å². The molecule has 0 radical (unpaired) electrons. The van der Waals surface area contributed by atoms with Crippen molar-refractivity contribution >= 4 is 5.97 Å². The van der Waals surface area contributed by atoms with Crippen LogP contribution < -0.4 is 5.32 Å². The average molecular weight is 189 g/mol. The molecule has 0 amide bonds. The van der Waals surface area contributed by atoms with Crippen molar-refractivity contribution in [1.82, 2.24) is 5.32 Å². The standard InChI is InChI=1S/C9H16FNO2/c1-13-9(12)6-7-2-4-11-5-3-8(7)10/h7-8,11H,2-6H2,1H3/t7-,8+/m0/s1. The van der Waals surface area contributed by atoms with Crippen LogP contribution in [0.1, 0.15) is 19.3 Å². The predicted molar refractivity (Wildman–Crippen MR) is 47.1 cm³/mol. The van der Waals surface area contributed by atoms with Gasteiger partial charge in [-0.15, -0.1) is 0 Å². The van der Waals surface area contributed by atoms with E-state index in [-0.39, 0.29) is 18.3 Å². The second kappa shape index (κ2) is 5.17. The van der Waals surface area contributed by atoms with Gasteiger partial charge in [-0.1, -0.05) is 0 Å². The molecule has 1 heterocycles. The molecule has 3 nitrogen and oxygen atoms in total. The molecule has 0 aliphatic carbocycles. The molecule has 1 N–H and O–H groups in total. The summed E-state index contributed by atoms with van der Waals surface area (Å²) >= 11 is 0. The van der Waals surface area contributed by atoms with Crippen LogP contribution in [0.4, 0.5) is 4.39 Å². The Morgan fingerprint density at radius 3 is 2.92 bits per heavy atom. The van der Waals surface area contributed by atoms with Crippen LogP contribution in [0.25, 0.3) is 0 Å². The molecule has 1 aliphatic heterocycles. The van der Waals surface area contributed by atoms with Crippen molar-refractivity contribution < 1.29 is 13.9 Å². The highest BCUT2D eigenvalue weighted by Gasteiger charge is 2.25. The Hall–Kier alpha value is -0.640. The number of ether oxygens (including phenoxy) is 1. The first-order valence-electron chi connectivity index (χ1n) is 4.65. The molecule has 0 saturated carbocycles. The lowest BCUT2D eigenvalue weighted by atomic mass is 9.95. The molecule has 13 heavy (non-hydrogen) atoms. The number of hydrogen-bond donors (Lipinski definition) is 1. The number of esters is 1. The van der Waals surface area contributed by atoms with E-state index in [0.29, 0.717) is 13.0 Å². The molecule has 0 unspecified atom stereocenters. The summed E-state index contributed by atoms with van der Waals surface area (Å²) in [6, 6.07) is 0. The maximum absolute atomic E-state index is 13.4. The van der Waals surface area contributed by atoms with E-state index in [2.05, 4.69) is 10.1 Å². The van der Waals surface area contributed by atoms with E-state index in [1.807, 2.05) is 0 Å². The van der Waals surface area contributed by atoms with Gasteiger partial charge >= 0.3 is 5.97 Å². The lowest BCUT2D eigenvalue weighted by Gasteiger charge is -2.15. The van der Waals surface area contributed by atoms with Crippen LogP contribution in [0.3, 0.4) is 0 Å². The van der Waals surface area contributed by atoms with E-state index < -0.39 is 6.17 Å². The van der Waals surface area contributed by atoms with Crippen LogP contribution in [0.2, 0.25) is 0 Å². The highest BCUT2D eigenvalue weighted by molar-refractivity contribution is 5.69. The number of methoxy groups -OCH3 is 1. The zero-order valence-corrected chi connectivity index (χ0v) is 7.88. The van der Waals surface area contributed by atoms with Crippen molar-refractivity contribution in [2.45, 2.75) is 25.4 Å². The molecule has 0 bridgehead atoms. The Kier molecular flexibility index (Phi) is 4.15. The molecule has 1 rings (SSSR count). The van der Waals surface area contributed by atoms with Gasteiger partial charge in [-0.2, -0.15) is 0 Å². The monoisotopic (exact) mass is 189 g/mol. The Bertz CT molecular complexity index is 175. The van der Waals surface area contributed by atoms with Gasteiger partial charge in [0.2, 0.25) is 0 Å². The van der Waals surface area contributed by atoms with Crippen LogP contribution in [-0.4, -0.2) is 32.3 Å². The van der Waals surface area contributed by atoms with E-state index >= 15 is 0 Å². The van der Waals surface area contributed by atoms with Crippen molar-refractivity contribution in [3.63, 3.8) is 0 Å². The molecular formula is C9H16FNO2. The first-order chi connectivity index (χ1) is 6.24. The van der Waals surface area contributed by atoms with Gasteiger partial charge < -0.3 is 10.1 Å². The first-order valence-corrected chi connectivity index (χ1v) is 4.65. The number of halogens is 1. The van der Waals surface area contributed by atoms with Crippen molar-refractivity contribution in [3.8, 4) is 0 Å². The molecule has 4 heteroatoms. The lowest BCUT2D eigenvalue weighted by Crippen LogP contribution is -2.20. The fourth-order valence-electron chi connectivity index (χ4n) is 1.60. The Labute approximate surface area is 77.6 Å². The number of rotatable bonds is 2. The second-order valence-electron chi connectivity index (χ2n) is 3.38. The molecule has 76 valence electrons. The molecule has 0 spiro atoms. The summed E-state index contributed by atoms with van der Waals surface area (Å²) in [5.41, 5.74) is 0. The van der Waals surface area contributed by atoms with E-state index in [0.717, 1.165) is 13.0 Å². The summed E-state index contributed by atoms with van der Waals surface area (Å²) in [5.74, 6) is -0.475. The maximum atomic E-state index is 13.4. The van der Waals surface area contributed by atoms with Crippen LogP contribution in [0.15, 0.2) is 0 Å². The summed E-state index contributed by atoms with van der Waals surface area (Å²) in [6.07, 6.45) is 0.561. The SMILES string of the molecule is COC(=O)C[C@@H]1CCNCC[C@H]1F. The summed E-state index contributed by atoms with van der Waals surface area (Å²) in [4.78, 5) is 10.9. The third-order valence-corrected chi connectivity index (χ3v) is 2.46. The fraction of sp³-hybridized carbons (Fsp3) is 0.889.